The Labute approximate surface area is 163 Å². The summed E-state index contributed by atoms with van der Waals surface area (Å²) in [7, 11) is 0. The van der Waals surface area contributed by atoms with Crippen molar-refractivity contribution in [2.75, 3.05) is 13.2 Å². The molecule has 1 N–H and O–H groups in total. The molecule has 0 fully saturated rings. The number of thiazole rings is 1. The summed E-state index contributed by atoms with van der Waals surface area (Å²) in [6.45, 7) is 11.2. The topological polar surface area (TPSA) is 104 Å². The van der Waals surface area contributed by atoms with Crippen LogP contribution in [0.3, 0.4) is 0 Å². The van der Waals surface area contributed by atoms with E-state index in [0.717, 1.165) is 0 Å². The molecule has 0 saturated heterocycles. The highest BCUT2D eigenvalue weighted by Crippen LogP contribution is 2.15. The highest BCUT2D eigenvalue weighted by molar-refractivity contribution is 7.09. The Morgan fingerprint density at radius 1 is 1.22 bits per heavy atom. The molecule has 0 aliphatic heterocycles. The second-order valence-corrected chi connectivity index (χ2v) is 8.22. The molecule has 1 aromatic heterocycles. The Kier molecular flexibility index (Phi) is 8.68. The molecular formula is C18H28N2O6S. The molecule has 8 nitrogen and oxygen atoms in total. The van der Waals surface area contributed by atoms with Crippen LogP contribution in [0.1, 0.15) is 57.0 Å². The number of hydrogen-bond acceptors (Lipinski definition) is 8. The Bertz CT molecular complexity index is 651. The lowest BCUT2D eigenvalue weighted by atomic mass is 10.2. The molecule has 27 heavy (non-hydrogen) atoms. The van der Waals surface area contributed by atoms with E-state index in [0.29, 0.717) is 5.01 Å². The molecule has 1 rings (SSSR count). The zero-order valence-electron chi connectivity index (χ0n) is 16.7. The number of esters is 2. The van der Waals surface area contributed by atoms with Crippen LogP contribution in [0.5, 0.6) is 0 Å². The van der Waals surface area contributed by atoms with Gasteiger partial charge in [0.2, 0.25) is 0 Å². The van der Waals surface area contributed by atoms with Gasteiger partial charge in [-0.2, -0.15) is 0 Å². The van der Waals surface area contributed by atoms with Crippen LogP contribution >= 0.6 is 11.3 Å². The molecule has 1 heterocycles. The van der Waals surface area contributed by atoms with Gasteiger partial charge in [-0.05, 0) is 33.6 Å². The molecule has 1 aromatic rings. The van der Waals surface area contributed by atoms with Crippen molar-refractivity contribution in [2.24, 2.45) is 5.92 Å². The molecule has 1 amide bonds. The van der Waals surface area contributed by atoms with Crippen molar-refractivity contribution < 1.29 is 28.6 Å². The predicted octanol–water partition coefficient (Wildman–Crippen LogP) is 2.95. The quantitative estimate of drug-likeness (QED) is 0.528. The molecule has 9 heteroatoms. The van der Waals surface area contributed by atoms with E-state index in [9.17, 15) is 14.4 Å². The smallest absolute Gasteiger partial charge is 0.408 e. The molecule has 1 atom stereocenters. The summed E-state index contributed by atoms with van der Waals surface area (Å²) >= 11 is 1.20. The van der Waals surface area contributed by atoms with Gasteiger partial charge >= 0.3 is 18.0 Å². The third-order valence-electron chi connectivity index (χ3n) is 2.95. The third kappa shape index (κ3) is 8.85. The van der Waals surface area contributed by atoms with Crippen molar-refractivity contribution in [1.82, 2.24) is 10.3 Å². The number of carbonyl (C=O) groups is 3. The van der Waals surface area contributed by atoms with E-state index in [1.165, 1.54) is 11.3 Å². The Hall–Kier alpha value is -2.16. The number of amides is 1. The van der Waals surface area contributed by atoms with E-state index < -0.39 is 29.7 Å². The van der Waals surface area contributed by atoms with Crippen LogP contribution < -0.4 is 5.32 Å². The van der Waals surface area contributed by atoms with Crippen molar-refractivity contribution in [3.05, 3.63) is 16.1 Å². The monoisotopic (exact) mass is 400 g/mol. The standard InChI is InChI=1S/C18H28N2O6S/c1-7-24-16(22)13-10-27-14(19-13)8-12(15(21)25-9-11(2)3)20-17(23)26-18(4,5)6/h10-12H,7-9H2,1-6H3,(H,20,23)/t12-/m0/s1. The number of carbonyl (C=O) groups excluding carboxylic acids is 3. The van der Waals surface area contributed by atoms with Crippen molar-refractivity contribution in [3.8, 4) is 0 Å². The molecule has 0 bridgehead atoms. The highest BCUT2D eigenvalue weighted by Gasteiger charge is 2.27. The van der Waals surface area contributed by atoms with Crippen LogP contribution in [-0.2, 0) is 25.4 Å². The first kappa shape index (κ1) is 22.9. The van der Waals surface area contributed by atoms with Crippen LogP contribution in [0.2, 0.25) is 0 Å². The van der Waals surface area contributed by atoms with E-state index in [1.807, 2.05) is 13.8 Å². The van der Waals surface area contributed by atoms with E-state index in [4.69, 9.17) is 14.2 Å². The first-order valence-electron chi connectivity index (χ1n) is 8.79. The van der Waals surface area contributed by atoms with Crippen molar-refractivity contribution in [1.29, 1.82) is 0 Å². The number of rotatable bonds is 8. The minimum atomic E-state index is -0.972. The summed E-state index contributed by atoms with van der Waals surface area (Å²) in [4.78, 5) is 40.4. The average molecular weight is 400 g/mol. The van der Waals surface area contributed by atoms with E-state index in [1.54, 1.807) is 33.1 Å². The number of alkyl carbamates (subject to hydrolysis) is 1. The fourth-order valence-electron chi connectivity index (χ4n) is 1.87. The largest absolute Gasteiger partial charge is 0.464 e. The molecule has 0 radical (unpaired) electrons. The van der Waals surface area contributed by atoms with Crippen LogP contribution in [0, 0.1) is 5.92 Å². The number of hydrogen-bond donors (Lipinski definition) is 1. The lowest BCUT2D eigenvalue weighted by molar-refractivity contribution is -0.147. The van der Waals surface area contributed by atoms with Crippen molar-refractivity contribution >= 4 is 29.4 Å². The van der Waals surface area contributed by atoms with Gasteiger partial charge in [0.25, 0.3) is 0 Å². The fraction of sp³-hybridized carbons (Fsp3) is 0.667. The number of aromatic nitrogens is 1. The minimum Gasteiger partial charge on any atom is -0.464 e. The van der Waals surface area contributed by atoms with E-state index >= 15 is 0 Å². The molecule has 0 aliphatic carbocycles. The molecular weight excluding hydrogens is 372 g/mol. The van der Waals surface area contributed by atoms with Crippen molar-refractivity contribution in [3.63, 3.8) is 0 Å². The maximum Gasteiger partial charge on any atom is 0.408 e. The Morgan fingerprint density at radius 2 is 1.89 bits per heavy atom. The summed E-state index contributed by atoms with van der Waals surface area (Å²) in [5.41, 5.74) is -0.530. The van der Waals surface area contributed by atoms with Crippen LogP contribution in [0.15, 0.2) is 5.38 Å². The Morgan fingerprint density at radius 3 is 2.44 bits per heavy atom. The van der Waals surface area contributed by atoms with Gasteiger partial charge in [-0.3, -0.25) is 0 Å². The van der Waals surface area contributed by atoms with Gasteiger partial charge in [-0.15, -0.1) is 11.3 Å². The zero-order valence-corrected chi connectivity index (χ0v) is 17.5. The van der Waals surface area contributed by atoms with Crippen LogP contribution in [0.25, 0.3) is 0 Å². The van der Waals surface area contributed by atoms with Gasteiger partial charge in [-0.1, -0.05) is 13.8 Å². The van der Waals surface area contributed by atoms with Crippen molar-refractivity contribution in [2.45, 2.75) is 59.6 Å². The summed E-state index contributed by atoms with van der Waals surface area (Å²) < 4.78 is 15.3. The van der Waals surface area contributed by atoms with Gasteiger partial charge in [-0.25, -0.2) is 19.4 Å². The minimum absolute atomic E-state index is 0.0836. The maximum absolute atomic E-state index is 12.4. The molecule has 0 saturated carbocycles. The second kappa shape index (κ2) is 10.2. The maximum atomic E-state index is 12.4. The number of nitrogens with one attached hydrogen (secondary N) is 1. The third-order valence-corrected chi connectivity index (χ3v) is 3.82. The Balaban J connectivity index is 2.85. The van der Waals surface area contributed by atoms with Gasteiger partial charge < -0.3 is 19.5 Å². The number of ether oxygens (including phenoxy) is 3. The van der Waals surface area contributed by atoms with Crippen LogP contribution in [0.4, 0.5) is 4.79 Å². The summed E-state index contributed by atoms with van der Waals surface area (Å²) in [5.74, 6) is -0.951. The first-order valence-corrected chi connectivity index (χ1v) is 9.67. The molecule has 0 aliphatic rings. The van der Waals surface area contributed by atoms with E-state index in [2.05, 4.69) is 10.3 Å². The molecule has 0 spiro atoms. The second-order valence-electron chi connectivity index (χ2n) is 7.27. The summed E-state index contributed by atoms with van der Waals surface area (Å²) in [5, 5.41) is 4.58. The van der Waals surface area contributed by atoms with E-state index in [-0.39, 0.29) is 31.2 Å². The highest BCUT2D eigenvalue weighted by atomic mass is 32.1. The SMILES string of the molecule is CCOC(=O)c1csc(C[C@H](NC(=O)OC(C)(C)C)C(=O)OCC(C)C)n1. The lowest BCUT2D eigenvalue weighted by Crippen LogP contribution is -2.45. The average Bonchev–Trinajstić information content (AvgIpc) is 2.99. The first-order chi connectivity index (χ1) is 12.5. The lowest BCUT2D eigenvalue weighted by Gasteiger charge is -2.22. The normalized spacial score (nSPS) is 12.4. The molecule has 0 aromatic carbocycles. The number of nitrogens with zero attached hydrogens (tertiary/aromatic N) is 1. The summed E-state index contributed by atoms with van der Waals surface area (Å²) in [6.07, 6.45) is -0.642. The fourth-order valence-corrected chi connectivity index (χ4v) is 2.68. The van der Waals surface area contributed by atoms with Gasteiger partial charge in [0.1, 0.15) is 11.6 Å². The van der Waals surface area contributed by atoms with Gasteiger partial charge in [0.15, 0.2) is 5.69 Å². The summed E-state index contributed by atoms with van der Waals surface area (Å²) in [6, 6.07) is -0.972. The molecule has 0 unspecified atom stereocenters. The molecule has 152 valence electrons. The zero-order chi connectivity index (χ0) is 20.6. The predicted molar refractivity (Wildman–Crippen MR) is 101 cm³/mol. The van der Waals surface area contributed by atoms with Crippen LogP contribution in [-0.4, -0.2) is 47.9 Å². The van der Waals surface area contributed by atoms with Gasteiger partial charge in [0, 0.05) is 11.8 Å². The van der Waals surface area contributed by atoms with Gasteiger partial charge in [0.05, 0.1) is 18.2 Å².